The minimum absolute atomic E-state index is 0.0706. The lowest BCUT2D eigenvalue weighted by Crippen LogP contribution is -2.49. The smallest absolute Gasteiger partial charge is 0.250 e. The van der Waals surface area contributed by atoms with Crippen LogP contribution in [0.25, 0.3) is 0 Å². The zero-order chi connectivity index (χ0) is 20.2. The molecule has 0 bridgehead atoms. The van der Waals surface area contributed by atoms with Gasteiger partial charge in [-0.3, -0.25) is 4.90 Å². The van der Waals surface area contributed by atoms with E-state index in [0.717, 1.165) is 34.1 Å². The molecular weight excluding hydrogens is 390 g/mol. The Balaban J connectivity index is 1.51. The molecule has 1 aromatic carbocycles. The van der Waals surface area contributed by atoms with Crippen LogP contribution < -0.4 is 5.73 Å². The van der Waals surface area contributed by atoms with Crippen LogP contribution in [0.2, 0.25) is 0 Å². The molecule has 10 heteroatoms. The molecule has 7 nitrogen and oxygen atoms in total. The molecule has 2 aliphatic rings. The third kappa shape index (κ3) is 3.26. The zero-order valence-electron chi connectivity index (χ0n) is 15.2. The minimum atomic E-state index is -3.43. The second-order valence-corrected chi connectivity index (χ2v) is 9.02. The van der Waals surface area contributed by atoms with Crippen LogP contribution in [-0.4, -0.2) is 47.4 Å². The molecule has 2 aromatic rings. The molecule has 3 heterocycles. The Morgan fingerprint density at radius 2 is 2.07 bits per heavy atom. The Morgan fingerprint density at radius 1 is 1.32 bits per heavy atom. The number of aromatic nitrogens is 2. The first-order chi connectivity index (χ1) is 13.1. The van der Waals surface area contributed by atoms with E-state index in [1.807, 2.05) is 4.90 Å². The van der Waals surface area contributed by atoms with E-state index in [-0.39, 0.29) is 18.2 Å². The monoisotopic (exact) mass is 410 g/mol. The van der Waals surface area contributed by atoms with Crippen LogP contribution in [0, 0.1) is 11.6 Å². The Hall–Kier alpha value is -2.14. The van der Waals surface area contributed by atoms with Crippen LogP contribution in [0.5, 0.6) is 0 Å². The topological polar surface area (TPSA) is 90.5 Å². The summed E-state index contributed by atoms with van der Waals surface area (Å²) in [4.78, 5) is 2.03. The number of fused-ring (bicyclic) bond motifs is 1. The van der Waals surface area contributed by atoms with Crippen molar-refractivity contribution in [3.63, 3.8) is 0 Å². The molecule has 2 N–H and O–H groups in total. The van der Waals surface area contributed by atoms with E-state index in [1.165, 1.54) is 6.20 Å². The predicted octanol–water partition coefficient (Wildman–Crippen LogP) is 1.31. The second kappa shape index (κ2) is 6.73. The minimum Gasteiger partial charge on any atom is -0.369 e. The summed E-state index contributed by atoms with van der Waals surface area (Å²) in [6.07, 6.45) is 1.77. The number of nitrogens with two attached hydrogens (primary N) is 1. The van der Waals surface area contributed by atoms with Gasteiger partial charge in [0.2, 0.25) is 0 Å². The highest BCUT2D eigenvalue weighted by atomic mass is 32.2. The summed E-state index contributed by atoms with van der Waals surface area (Å²) in [5.41, 5.74) is 8.46. The van der Waals surface area contributed by atoms with Gasteiger partial charge in [-0.05, 0) is 23.8 Å². The van der Waals surface area contributed by atoms with Gasteiger partial charge in [0.1, 0.15) is 17.7 Å². The number of benzene rings is 1. The molecule has 0 spiro atoms. The van der Waals surface area contributed by atoms with E-state index >= 15 is 0 Å². The normalized spacial score (nSPS) is 25.9. The van der Waals surface area contributed by atoms with E-state index in [2.05, 4.69) is 11.7 Å². The van der Waals surface area contributed by atoms with Crippen molar-refractivity contribution in [2.45, 2.75) is 31.3 Å². The summed E-state index contributed by atoms with van der Waals surface area (Å²) in [7, 11) is -3.43. The van der Waals surface area contributed by atoms with Crippen LogP contribution in [0.4, 0.5) is 8.78 Å². The lowest BCUT2D eigenvalue weighted by atomic mass is 9.89. The molecule has 3 atom stereocenters. The summed E-state index contributed by atoms with van der Waals surface area (Å²) in [5.74, 6) is -1.14. The molecule has 0 saturated carbocycles. The molecule has 1 saturated heterocycles. The molecule has 0 aliphatic carbocycles. The molecule has 0 radical (unpaired) electrons. The van der Waals surface area contributed by atoms with Crippen molar-refractivity contribution < 1.29 is 21.9 Å². The number of rotatable bonds is 3. The zero-order valence-corrected chi connectivity index (χ0v) is 16.0. The second-order valence-electron chi connectivity index (χ2n) is 7.18. The number of halogens is 2. The van der Waals surface area contributed by atoms with Crippen molar-refractivity contribution in [3.05, 3.63) is 65.0 Å². The standard InChI is InChI=1S/C18H20F2N4O3S/c1-10-16(23-6-11-7-24(28(2,25)26)22-15(11)8-23)9-27-18(17(10)21)13-5-12(19)3-4-14(13)20/h3-5,7,16-18H,1,6,8-9,21H2,2H3/t16-,17-,18+/m0/s1. The Kier molecular flexibility index (Phi) is 4.61. The van der Waals surface area contributed by atoms with Crippen molar-refractivity contribution in [2.24, 2.45) is 5.73 Å². The average Bonchev–Trinajstić information content (AvgIpc) is 3.18. The van der Waals surface area contributed by atoms with Crippen LogP contribution in [0.1, 0.15) is 22.9 Å². The number of hydrogen-bond acceptors (Lipinski definition) is 6. The highest BCUT2D eigenvalue weighted by Crippen LogP contribution is 2.36. The van der Waals surface area contributed by atoms with Crippen LogP contribution in [0.15, 0.2) is 36.5 Å². The van der Waals surface area contributed by atoms with Crippen molar-refractivity contribution >= 4 is 10.0 Å². The van der Waals surface area contributed by atoms with Crippen molar-refractivity contribution in [1.82, 2.24) is 14.1 Å². The number of hydrogen-bond donors (Lipinski definition) is 1. The molecule has 0 amide bonds. The highest BCUT2D eigenvalue weighted by molar-refractivity contribution is 7.89. The molecule has 28 heavy (non-hydrogen) atoms. The van der Waals surface area contributed by atoms with Gasteiger partial charge in [-0.15, -0.1) is 0 Å². The van der Waals surface area contributed by atoms with Gasteiger partial charge in [-0.1, -0.05) is 6.58 Å². The fourth-order valence-electron chi connectivity index (χ4n) is 3.72. The third-order valence-corrected chi connectivity index (χ3v) is 6.11. The summed E-state index contributed by atoms with van der Waals surface area (Å²) >= 11 is 0. The maximum Gasteiger partial charge on any atom is 0.250 e. The van der Waals surface area contributed by atoms with Gasteiger partial charge < -0.3 is 10.5 Å². The summed E-state index contributed by atoms with van der Waals surface area (Å²) in [6.45, 7) is 5.18. The fourth-order valence-corrected chi connectivity index (χ4v) is 4.29. The molecule has 1 fully saturated rings. The molecule has 1 aromatic heterocycles. The molecular formula is C18H20F2N4O3S. The van der Waals surface area contributed by atoms with E-state index in [1.54, 1.807) is 0 Å². The molecule has 150 valence electrons. The lowest BCUT2D eigenvalue weighted by Gasteiger charge is -2.40. The van der Waals surface area contributed by atoms with Gasteiger partial charge in [0.25, 0.3) is 10.0 Å². The van der Waals surface area contributed by atoms with Crippen molar-refractivity contribution in [1.29, 1.82) is 0 Å². The first kappa shape index (κ1) is 19.2. The van der Waals surface area contributed by atoms with Gasteiger partial charge in [0, 0.05) is 30.4 Å². The number of ether oxygens (including phenoxy) is 1. The van der Waals surface area contributed by atoms with E-state index in [4.69, 9.17) is 10.5 Å². The molecule has 0 unspecified atom stereocenters. The maximum absolute atomic E-state index is 14.1. The maximum atomic E-state index is 14.1. The summed E-state index contributed by atoms with van der Waals surface area (Å²) in [6, 6.07) is 2.24. The third-order valence-electron chi connectivity index (χ3n) is 5.24. The summed E-state index contributed by atoms with van der Waals surface area (Å²) in [5, 5.41) is 4.13. The van der Waals surface area contributed by atoms with E-state index in [9.17, 15) is 17.2 Å². The van der Waals surface area contributed by atoms with E-state index < -0.39 is 33.8 Å². The van der Waals surface area contributed by atoms with Crippen LogP contribution >= 0.6 is 0 Å². The quantitative estimate of drug-likeness (QED) is 0.768. The first-order valence-corrected chi connectivity index (χ1v) is 10.5. The highest BCUT2D eigenvalue weighted by Gasteiger charge is 2.39. The van der Waals surface area contributed by atoms with Crippen LogP contribution in [-0.2, 0) is 27.8 Å². The molecule has 2 aliphatic heterocycles. The largest absolute Gasteiger partial charge is 0.369 e. The Bertz CT molecular complexity index is 1030. The average molecular weight is 410 g/mol. The fraction of sp³-hybridized carbons (Fsp3) is 0.389. The first-order valence-electron chi connectivity index (χ1n) is 8.68. The van der Waals surface area contributed by atoms with Gasteiger partial charge >= 0.3 is 0 Å². The Morgan fingerprint density at radius 3 is 2.75 bits per heavy atom. The van der Waals surface area contributed by atoms with Gasteiger partial charge in [-0.25, -0.2) is 17.2 Å². The van der Waals surface area contributed by atoms with Crippen molar-refractivity contribution in [2.75, 3.05) is 12.9 Å². The number of nitrogens with zero attached hydrogens (tertiary/aromatic N) is 3. The van der Waals surface area contributed by atoms with Gasteiger partial charge in [-0.2, -0.15) is 9.19 Å². The van der Waals surface area contributed by atoms with E-state index in [0.29, 0.717) is 24.4 Å². The van der Waals surface area contributed by atoms with Crippen LogP contribution in [0.3, 0.4) is 0 Å². The Labute approximate surface area is 161 Å². The predicted molar refractivity (Wildman–Crippen MR) is 97.7 cm³/mol. The lowest BCUT2D eigenvalue weighted by molar-refractivity contribution is -0.0246. The van der Waals surface area contributed by atoms with Gasteiger partial charge in [0.05, 0.1) is 30.6 Å². The van der Waals surface area contributed by atoms with Crippen molar-refractivity contribution in [3.8, 4) is 0 Å². The summed E-state index contributed by atoms with van der Waals surface area (Å²) < 4.78 is 57.7. The van der Waals surface area contributed by atoms with Gasteiger partial charge in [0.15, 0.2) is 0 Å². The SMILES string of the molecule is C=C1[C@H](N)[C@@H](c2cc(F)ccc2F)OC[C@@H]1N1Cc2cn(S(C)(=O)=O)nc2C1. The molecule has 4 rings (SSSR count).